The average molecular weight is 528 g/mol. The Bertz CT molecular complexity index is 1740. The molecule has 196 valence electrons. The van der Waals surface area contributed by atoms with E-state index < -0.39 is 0 Å². The fourth-order valence-corrected chi connectivity index (χ4v) is 4.66. The van der Waals surface area contributed by atoms with Crippen molar-refractivity contribution in [3.8, 4) is 28.7 Å². The van der Waals surface area contributed by atoms with Gasteiger partial charge < -0.3 is 9.73 Å². The van der Waals surface area contributed by atoms with Gasteiger partial charge in [0, 0.05) is 30.0 Å². The molecule has 0 spiro atoms. The maximum absolute atomic E-state index is 13.5. The maximum Gasteiger partial charge on any atom is 0.252 e. The van der Waals surface area contributed by atoms with E-state index in [0.29, 0.717) is 23.0 Å². The lowest BCUT2D eigenvalue weighted by atomic mass is 9.88. The van der Waals surface area contributed by atoms with Crippen LogP contribution in [0.1, 0.15) is 23.5 Å². The second-order valence-corrected chi connectivity index (χ2v) is 9.25. The number of aromatic amines is 1. The Kier molecular flexibility index (Phi) is 6.88. The second-order valence-electron chi connectivity index (χ2n) is 9.25. The standard InChI is InChI=1S/C32H25N5O3/c38-30(19-25(22-11-4-1-5-12-22)23-13-6-2-7-14-23)34-29-20-27(28-17-10-18-40-28)36-37(29)32-33-26(21-31(39)35-32)24-15-8-3-9-16-24/h1-18,20-21,25H,19H2,(H,34,38)(H,33,35,39). The number of nitrogens with one attached hydrogen (secondary N) is 2. The molecule has 8 heteroatoms. The van der Waals surface area contributed by atoms with E-state index in [0.717, 1.165) is 16.7 Å². The highest BCUT2D eigenvalue weighted by Crippen LogP contribution is 2.30. The van der Waals surface area contributed by atoms with Crippen molar-refractivity contribution >= 4 is 11.7 Å². The highest BCUT2D eigenvalue weighted by atomic mass is 16.3. The minimum absolute atomic E-state index is 0.150. The van der Waals surface area contributed by atoms with Gasteiger partial charge in [-0.05, 0) is 23.3 Å². The molecule has 0 bridgehead atoms. The summed E-state index contributed by atoms with van der Waals surface area (Å²) in [4.78, 5) is 33.6. The number of furan rings is 1. The van der Waals surface area contributed by atoms with Gasteiger partial charge >= 0.3 is 0 Å². The molecule has 8 nitrogen and oxygen atoms in total. The van der Waals surface area contributed by atoms with E-state index in [9.17, 15) is 9.59 Å². The molecule has 0 aliphatic carbocycles. The summed E-state index contributed by atoms with van der Waals surface area (Å²) >= 11 is 0. The fourth-order valence-electron chi connectivity index (χ4n) is 4.66. The highest BCUT2D eigenvalue weighted by Gasteiger charge is 2.21. The molecule has 0 radical (unpaired) electrons. The van der Waals surface area contributed by atoms with Gasteiger partial charge in [-0.3, -0.25) is 14.6 Å². The third-order valence-electron chi connectivity index (χ3n) is 6.54. The van der Waals surface area contributed by atoms with E-state index in [1.165, 1.54) is 10.7 Å². The first kappa shape index (κ1) is 24.8. The van der Waals surface area contributed by atoms with Crippen LogP contribution in [0.15, 0.2) is 131 Å². The van der Waals surface area contributed by atoms with Crippen molar-refractivity contribution in [2.75, 3.05) is 5.32 Å². The first-order valence-electron chi connectivity index (χ1n) is 12.8. The van der Waals surface area contributed by atoms with Crippen LogP contribution in [0.5, 0.6) is 0 Å². The molecule has 1 amide bonds. The van der Waals surface area contributed by atoms with Gasteiger partial charge in [-0.15, -0.1) is 0 Å². The molecule has 0 unspecified atom stereocenters. The Morgan fingerprint density at radius 1 is 0.825 bits per heavy atom. The minimum Gasteiger partial charge on any atom is -0.463 e. The lowest BCUT2D eigenvalue weighted by Crippen LogP contribution is -2.20. The van der Waals surface area contributed by atoms with E-state index in [1.54, 1.807) is 24.5 Å². The lowest BCUT2D eigenvalue weighted by Gasteiger charge is -2.18. The number of H-pyrrole nitrogens is 1. The van der Waals surface area contributed by atoms with Crippen LogP contribution in [-0.4, -0.2) is 25.7 Å². The highest BCUT2D eigenvalue weighted by molar-refractivity contribution is 5.91. The van der Waals surface area contributed by atoms with E-state index in [1.807, 2.05) is 91.0 Å². The number of carbonyl (C=O) groups excluding carboxylic acids is 1. The number of aromatic nitrogens is 4. The molecule has 0 aliphatic heterocycles. The number of anilines is 1. The van der Waals surface area contributed by atoms with Gasteiger partial charge in [0.2, 0.25) is 11.9 Å². The zero-order valence-corrected chi connectivity index (χ0v) is 21.4. The average Bonchev–Trinajstić information content (AvgIpc) is 3.68. The summed E-state index contributed by atoms with van der Waals surface area (Å²) in [5.74, 6) is 0.670. The van der Waals surface area contributed by atoms with Crippen LogP contribution < -0.4 is 10.9 Å². The monoisotopic (exact) mass is 527 g/mol. The summed E-state index contributed by atoms with van der Waals surface area (Å²) in [5, 5.41) is 7.62. The predicted molar refractivity (Wildman–Crippen MR) is 153 cm³/mol. The number of hydrogen-bond acceptors (Lipinski definition) is 5. The quantitative estimate of drug-likeness (QED) is 0.251. The van der Waals surface area contributed by atoms with Crippen LogP contribution in [0, 0.1) is 0 Å². The largest absolute Gasteiger partial charge is 0.463 e. The molecule has 40 heavy (non-hydrogen) atoms. The van der Waals surface area contributed by atoms with Crippen molar-refractivity contribution in [1.82, 2.24) is 19.7 Å². The zero-order valence-electron chi connectivity index (χ0n) is 21.4. The topological polar surface area (TPSA) is 106 Å². The van der Waals surface area contributed by atoms with E-state index in [4.69, 9.17) is 4.42 Å². The molecular formula is C32H25N5O3. The number of nitrogens with zero attached hydrogens (tertiary/aromatic N) is 3. The summed E-state index contributed by atoms with van der Waals surface area (Å²) in [6.07, 6.45) is 1.75. The number of rotatable bonds is 8. The van der Waals surface area contributed by atoms with Crippen LogP contribution in [-0.2, 0) is 4.79 Å². The molecule has 0 saturated carbocycles. The molecule has 0 atom stereocenters. The molecule has 6 aromatic rings. The summed E-state index contributed by atoms with van der Waals surface area (Å²) < 4.78 is 6.97. The van der Waals surface area contributed by atoms with Gasteiger partial charge in [0.15, 0.2) is 5.76 Å². The molecule has 3 heterocycles. The molecular weight excluding hydrogens is 502 g/mol. The van der Waals surface area contributed by atoms with Gasteiger partial charge in [0.1, 0.15) is 11.5 Å². The Morgan fingerprint density at radius 3 is 2.10 bits per heavy atom. The number of amides is 1. The van der Waals surface area contributed by atoms with Crippen molar-refractivity contribution < 1.29 is 9.21 Å². The molecule has 0 saturated heterocycles. The molecule has 3 aromatic heterocycles. The normalized spacial score (nSPS) is 11.0. The summed E-state index contributed by atoms with van der Waals surface area (Å²) in [5.41, 5.74) is 3.48. The Morgan fingerprint density at radius 2 is 1.48 bits per heavy atom. The summed E-state index contributed by atoms with van der Waals surface area (Å²) in [6, 6.07) is 35.9. The predicted octanol–water partition coefficient (Wildman–Crippen LogP) is 6.04. The van der Waals surface area contributed by atoms with Crippen LogP contribution in [0.4, 0.5) is 5.82 Å². The van der Waals surface area contributed by atoms with E-state index >= 15 is 0 Å². The van der Waals surface area contributed by atoms with Gasteiger partial charge in [-0.25, -0.2) is 4.98 Å². The molecule has 0 fully saturated rings. The number of carbonyl (C=O) groups is 1. The van der Waals surface area contributed by atoms with Crippen LogP contribution in [0.25, 0.3) is 28.7 Å². The van der Waals surface area contributed by atoms with Gasteiger partial charge in [0.25, 0.3) is 5.56 Å². The van der Waals surface area contributed by atoms with Crippen molar-refractivity contribution in [3.63, 3.8) is 0 Å². The third kappa shape index (κ3) is 5.37. The maximum atomic E-state index is 13.5. The fraction of sp³-hybridized carbons (Fsp3) is 0.0625. The van der Waals surface area contributed by atoms with Gasteiger partial charge in [-0.1, -0.05) is 91.0 Å². The van der Waals surface area contributed by atoms with Gasteiger partial charge in [0.05, 0.1) is 12.0 Å². The lowest BCUT2D eigenvalue weighted by molar-refractivity contribution is -0.116. The van der Waals surface area contributed by atoms with Crippen molar-refractivity contribution in [2.24, 2.45) is 0 Å². The summed E-state index contributed by atoms with van der Waals surface area (Å²) in [6.45, 7) is 0. The van der Waals surface area contributed by atoms with Crippen LogP contribution in [0.3, 0.4) is 0 Å². The molecule has 2 N–H and O–H groups in total. The first-order valence-corrected chi connectivity index (χ1v) is 12.8. The SMILES string of the molecule is O=C(CC(c1ccccc1)c1ccccc1)Nc1cc(-c2ccco2)nn1-c1nc(-c2ccccc2)cc(=O)[nH]1. The Labute approximate surface area is 230 Å². The Hall–Kier alpha value is -5.50. The van der Waals surface area contributed by atoms with E-state index in [2.05, 4.69) is 20.4 Å². The first-order chi connectivity index (χ1) is 19.6. The van der Waals surface area contributed by atoms with E-state index in [-0.39, 0.29) is 29.8 Å². The molecule has 0 aliphatic rings. The molecule has 6 rings (SSSR count). The number of hydrogen-bond donors (Lipinski definition) is 2. The Balaban J connectivity index is 1.37. The number of benzene rings is 3. The van der Waals surface area contributed by atoms with Crippen molar-refractivity contribution in [3.05, 3.63) is 143 Å². The van der Waals surface area contributed by atoms with Gasteiger partial charge in [-0.2, -0.15) is 9.78 Å². The van der Waals surface area contributed by atoms with Crippen LogP contribution in [0.2, 0.25) is 0 Å². The zero-order chi connectivity index (χ0) is 27.3. The minimum atomic E-state index is -0.343. The van der Waals surface area contributed by atoms with Crippen molar-refractivity contribution in [1.29, 1.82) is 0 Å². The third-order valence-corrected chi connectivity index (χ3v) is 6.54. The smallest absolute Gasteiger partial charge is 0.252 e. The second kappa shape index (κ2) is 11.1. The summed E-state index contributed by atoms with van der Waals surface area (Å²) in [7, 11) is 0. The van der Waals surface area contributed by atoms with Crippen LogP contribution >= 0.6 is 0 Å². The molecule has 3 aromatic carbocycles. The van der Waals surface area contributed by atoms with Crippen molar-refractivity contribution in [2.45, 2.75) is 12.3 Å².